The molecule has 0 fully saturated rings. The van der Waals surface area contributed by atoms with E-state index in [1.165, 1.54) is 0 Å². The van der Waals surface area contributed by atoms with Crippen molar-refractivity contribution in [1.82, 2.24) is 5.32 Å². The molecule has 1 aromatic rings. The predicted molar refractivity (Wildman–Crippen MR) is 69.0 cm³/mol. The van der Waals surface area contributed by atoms with Crippen LogP contribution in [0, 0.1) is 0 Å². The average Bonchev–Trinajstić information content (AvgIpc) is 2.77. The van der Waals surface area contributed by atoms with Gasteiger partial charge in [-0.1, -0.05) is 0 Å². The number of hydrogen-bond acceptors (Lipinski definition) is 2. The number of aryl methyl sites for hydroxylation is 1. The van der Waals surface area contributed by atoms with E-state index < -0.39 is 12.6 Å². The first-order valence-corrected chi connectivity index (χ1v) is 6.72. The summed E-state index contributed by atoms with van der Waals surface area (Å²) >= 11 is 0. The average molecular weight is 277 g/mol. The Hall–Kier alpha value is -0.970. The zero-order valence-electron chi connectivity index (χ0n) is 11.5. The fourth-order valence-corrected chi connectivity index (χ4v) is 2.07. The van der Waals surface area contributed by atoms with E-state index in [0.717, 1.165) is 18.6 Å². The smallest absolute Gasteiger partial charge is 0.389 e. The normalized spacial score (nSPS) is 15.4. The molecule has 0 aliphatic rings. The molecule has 0 bridgehead atoms. The van der Waals surface area contributed by atoms with E-state index in [-0.39, 0.29) is 18.5 Å². The molecule has 0 spiro atoms. The Kier molecular flexibility index (Phi) is 6.42. The summed E-state index contributed by atoms with van der Waals surface area (Å²) in [6, 6.07) is 4.16. The van der Waals surface area contributed by atoms with Gasteiger partial charge in [0.05, 0.1) is 6.26 Å². The van der Waals surface area contributed by atoms with Crippen LogP contribution < -0.4 is 5.32 Å². The Morgan fingerprint density at radius 3 is 2.47 bits per heavy atom. The summed E-state index contributed by atoms with van der Waals surface area (Å²) in [4.78, 5) is 0. The van der Waals surface area contributed by atoms with E-state index in [2.05, 4.69) is 5.32 Å². The van der Waals surface area contributed by atoms with E-state index in [0.29, 0.717) is 6.42 Å². The van der Waals surface area contributed by atoms with Crippen LogP contribution in [-0.4, -0.2) is 18.3 Å². The lowest BCUT2D eigenvalue weighted by atomic mass is 10.1. The van der Waals surface area contributed by atoms with Crippen LogP contribution in [0.3, 0.4) is 0 Å². The maximum Gasteiger partial charge on any atom is 0.389 e. The van der Waals surface area contributed by atoms with Crippen molar-refractivity contribution >= 4 is 0 Å². The SMILES string of the molecule is CC(CCCC(F)(F)F)NC(C)CCc1ccco1. The summed E-state index contributed by atoms with van der Waals surface area (Å²) in [5, 5.41) is 3.32. The highest BCUT2D eigenvalue weighted by molar-refractivity contribution is 4.98. The third-order valence-corrected chi connectivity index (χ3v) is 3.07. The van der Waals surface area contributed by atoms with Crippen molar-refractivity contribution in [2.45, 2.75) is 64.2 Å². The molecule has 0 aliphatic heterocycles. The van der Waals surface area contributed by atoms with Crippen molar-refractivity contribution in [2.75, 3.05) is 0 Å². The van der Waals surface area contributed by atoms with Gasteiger partial charge in [0.25, 0.3) is 0 Å². The summed E-state index contributed by atoms with van der Waals surface area (Å²) in [6.07, 6.45) is -0.599. The number of alkyl halides is 3. The van der Waals surface area contributed by atoms with Crippen LogP contribution in [0.2, 0.25) is 0 Å². The molecule has 5 heteroatoms. The molecular formula is C14H22F3NO. The van der Waals surface area contributed by atoms with Gasteiger partial charge in [-0.2, -0.15) is 13.2 Å². The number of nitrogens with one attached hydrogen (secondary N) is 1. The quantitative estimate of drug-likeness (QED) is 0.766. The Bertz CT molecular complexity index is 335. The van der Waals surface area contributed by atoms with Gasteiger partial charge in [-0.15, -0.1) is 0 Å². The summed E-state index contributed by atoms with van der Waals surface area (Å²) in [6.45, 7) is 3.98. The molecule has 19 heavy (non-hydrogen) atoms. The molecular weight excluding hydrogens is 255 g/mol. The molecule has 0 aliphatic carbocycles. The molecule has 1 aromatic heterocycles. The molecule has 1 rings (SSSR count). The lowest BCUT2D eigenvalue weighted by molar-refractivity contribution is -0.135. The van der Waals surface area contributed by atoms with E-state index in [9.17, 15) is 13.2 Å². The van der Waals surface area contributed by atoms with Crippen molar-refractivity contribution in [2.24, 2.45) is 0 Å². The molecule has 2 nitrogen and oxygen atoms in total. The van der Waals surface area contributed by atoms with E-state index in [4.69, 9.17) is 4.42 Å². The van der Waals surface area contributed by atoms with Crippen molar-refractivity contribution in [1.29, 1.82) is 0 Å². The Balaban J connectivity index is 2.12. The zero-order valence-corrected chi connectivity index (χ0v) is 11.5. The van der Waals surface area contributed by atoms with Gasteiger partial charge in [-0.05, 0) is 45.2 Å². The summed E-state index contributed by atoms with van der Waals surface area (Å²) in [5.74, 6) is 0.943. The highest BCUT2D eigenvalue weighted by Gasteiger charge is 2.26. The molecule has 110 valence electrons. The van der Waals surface area contributed by atoms with Crippen molar-refractivity contribution < 1.29 is 17.6 Å². The number of rotatable bonds is 8. The fourth-order valence-electron chi connectivity index (χ4n) is 2.07. The molecule has 1 N–H and O–H groups in total. The van der Waals surface area contributed by atoms with Gasteiger partial charge in [-0.25, -0.2) is 0 Å². The van der Waals surface area contributed by atoms with Crippen molar-refractivity contribution in [3.63, 3.8) is 0 Å². The maximum absolute atomic E-state index is 12.0. The van der Waals surface area contributed by atoms with Crippen LogP contribution in [-0.2, 0) is 6.42 Å². The standard InChI is InChI=1S/C14H22F3NO/c1-11(5-3-9-14(15,16)17)18-12(2)7-8-13-6-4-10-19-13/h4,6,10-12,18H,3,5,7-9H2,1-2H3. The Morgan fingerprint density at radius 2 is 1.89 bits per heavy atom. The molecule has 2 unspecified atom stereocenters. The van der Waals surface area contributed by atoms with E-state index in [1.807, 2.05) is 26.0 Å². The summed E-state index contributed by atoms with van der Waals surface area (Å²) in [5.41, 5.74) is 0. The minimum absolute atomic E-state index is 0.106. The first kappa shape index (κ1) is 16.1. The fraction of sp³-hybridized carbons (Fsp3) is 0.714. The molecule has 0 saturated heterocycles. The monoisotopic (exact) mass is 277 g/mol. The highest BCUT2D eigenvalue weighted by atomic mass is 19.4. The van der Waals surface area contributed by atoms with Crippen molar-refractivity contribution in [3.05, 3.63) is 24.2 Å². The largest absolute Gasteiger partial charge is 0.469 e. The van der Waals surface area contributed by atoms with E-state index >= 15 is 0 Å². The topological polar surface area (TPSA) is 25.2 Å². The van der Waals surface area contributed by atoms with Crippen LogP contribution in [0.4, 0.5) is 13.2 Å². The van der Waals surface area contributed by atoms with Gasteiger partial charge in [0.2, 0.25) is 0 Å². The van der Waals surface area contributed by atoms with Gasteiger partial charge in [0.1, 0.15) is 5.76 Å². The second kappa shape index (κ2) is 7.58. The first-order valence-electron chi connectivity index (χ1n) is 6.72. The minimum atomic E-state index is -4.04. The van der Waals surface area contributed by atoms with Gasteiger partial charge in [-0.3, -0.25) is 0 Å². The molecule has 2 atom stereocenters. The molecule has 0 radical (unpaired) electrons. The Morgan fingerprint density at radius 1 is 1.21 bits per heavy atom. The van der Waals surface area contributed by atoms with Gasteiger partial charge < -0.3 is 9.73 Å². The third-order valence-electron chi connectivity index (χ3n) is 3.07. The van der Waals surface area contributed by atoms with Gasteiger partial charge in [0.15, 0.2) is 0 Å². The molecule has 1 heterocycles. The molecule has 0 aromatic carbocycles. The van der Waals surface area contributed by atoms with Gasteiger partial charge in [0, 0.05) is 24.9 Å². The minimum Gasteiger partial charge on any atom is -0.469 e. The molecule has 0 saturated carbocycles. The second-order valence-corrected chi connectivity index (χ2v) is 5.09. The first-order chi connectivity index (χ1) is 8.87. The lowest BCUT2D eigenvalue weighted by Crippen LogP contribution is -2.34. The summed E-state index contributed by atoms with van der Waals surface area (Å²) < 4.78 is 41.3. The number of furan rings is 1. The van der Waals surface area contributed by atoms with Crippen LogP contribution in [0.5, 0.6) is 0 Å². The Labute approximate surface area is 112 Å². The van der Waals surface area contributed by atoms with Crippen LogP contribution >= 0.6 is 0 Å². The van der Waals surface area contributed by atoms with Crippen LogP contribution in [0.1, 0.15) is 45.3 Å². The third kappa shape index (κ3) is 7.93. The lowest BCUT2D eigenvalue weighted by Gasteiger charge is -2.20. The zero-order chi connectivity index (χ0) is 14.3. The molecule has 0 amide bonds. The van der Waals surface area contributed by atoms with Crippen molar-refractivity contribution in [3.8, 4) is 0 Å². The second-order valence-electron chi connectivity index (χ2n) is 5.09. The maximum atomic E-state index is 12.0. The van der Waals surface area contributed by atoms with E-state index in [1.54, 1.807) is 6.26 Å². The predicted octanol–water partition coefficient (Wildman–Crippen LogP) is 4.31. The van der Waals surface area contributed by atoms with Crippen LogP contribution in [0.15, 0.2) is 22.8 Å². The highest BCUT2D eigenvalue weighted by Crippen LogP contribution is 2.22. The van der Waals surface area contributed by atoms with Crippen LogP contribution in [0.25, 0.3) is 0 Å². The summed E-state index contributed by atoms with van der Waals surface area (Å²) in [7, 11) is 0. The van der Waals surface area contributed by atoms with Gasteiger partial charge >= 0.3 is 6.18 Å². The number of hydrogen-bond donors (Lipinski definition) is 1. The number of halogens is 3.